The van der Waals surface area contributed by atoms with E-state index < -0.39 is 37.6 Å². The van der Waals surface area contributed by atoms with Crippen molar-refractivity contribution in [2.75, 3.05) is 51.5 Å². The van der Waals surface area contributed by atoms with Gasteiger partial charge in [0.2, 0.25) is 5.75 Å². The monoisotopic (exact) mass is 672 g/mol. The summed E-state index contributed by atoms with van der Waals surface area (Å²) in [7, 11) is -6.87. The van der Waals surface area contributed by atoms with Crippen molar-refractivity contribution in [1.82, 2.24) is 10.6 Å². The summed E-state index contributed by atoms with van der Waals surface area (Å²) in [6.07, 6.45) is 1.81. The van der Waals surface area contributed by atoms with Gasteiger partial charge in [0.15, 0.2) is 11.5 Å². The molecule has 2 aromatic carbocycles. The van der Waals surface area contributed by atoms with Crippen LogP contribution in [0.4, 0.5) is 5.69 Å². The maximum absolute atomic E-state index is 13.1. The van der Waals surface area contributed by atoms with E-state index in [0.717, 1.165) is 6.42 Å². The molecule has 17 heteroatoms. The third kappa shape index (κ3) is 15.2. The van der Waals surface area contributed by atoms with Crippen molar-refractivity contribution in [3.63, 3.8) is 0 Å². The number of nitrogens with zero attached hydrogens (tertiary/aromatic N) is 2. The second kappa shape index (κ2) is 18.9. The number of nitrogens with one attached hydrogen (secondary N) is 2. The Morgan fingerprint density at radius 1 is 0.733 bits per heavy atom. The Kier molecular flexibility index (Phi) is 15.7. The Hall–Kier alpha value is -3.80. The number of hydrogen-bond donors (Lipinski definition) is 4. The van der Waals surface area contributed by atoms with E-state index in [1.165, 1.54) is 12.1 Å². The molecule has 0 aliphatic heterocycles. The minimum absolute atomic E-state index is 0.0477. The van der Waals surface area contributed by atoms with Gasteiger partial charge in [-0.2, -0.15) is 27.1 Å². The summed E-state index contributed by atoms with van der Waals surface area (Å²) in [5.74, 6) is -1.57. The van der Waals surface area contributed by atoms with E-state index in [1.807, 2.05) is 6.92 Å². The van der Waals surface area contributed by atoms with Crippen LogP contribution >= 0.6 is 0 Å². The lowest BCUT2D eigenvalue weighted by molar-refractivity contribution is 0.0950. The van der Waals surface area contributed by atoms with Gasteiger partial charge >= 0.3 is 0 Å². The van der Waals surface area contributed by atoms with Crippen molar-refractivity contribution in [2.45, 2.75) is 39.0 Å². The van der Waals surface area contributed by atoms with Crippen molar-refractivity contribution < 1.29 is 49.7 Å². The van der Waals surface area contributed by atoms with E-state index in [0.29, 0.717) is 24.1 Å². The SMILES string of the molecule is CCCCOc1c(OCCCS(=O)(=O)O)cc(C(=O)NCCCNC(=O)c2ccc(N=NC)cc2)cc1OCCCS(=O)(=O)O. The third-order valence-electron chi connectivity index (χ3n) is 5.91. The van der Waals surface area contributed by atoms with Crippen LogP contribution in [0.3, 0.4) is 0 Å². The first-order chi connectivity index (χ1) is 21.3. The zero-order valence-electron chi connectivity index (χ0n) is 25.2. The largest absolute Gasteiger partial charge is 0.489 e. The van der Waals surface area contributed by atoms with E-state index in [9.17, 15) is 26.4 Å². The Balaban J connectivity index is 2.11. The number of carbonyl (C=O) groups is 2. The van der Waals surface area contributed by atoms with Crippen LogP contribution in [-0.4, -0.2) is 89.2 Å². The molecule has 250 valence electrons. The fourth-order valence-corrected chi connectivity index (χ4v) is 4.69. The molecule has 0 atom stereocenters. The molecule has 2 aromatic rings. The van der Waals surface area contributed by atoms with Crippen molar-refractivity contribution in [3.8, 4) is 17.2 Å². The molecule has 15 nitrogen and oxygen atoms in total. The van der Waals surface area contributed by atoms with E-state index in [2.05, 4.69) is 20.9 Å². The molecule has 2 rings (SSSR count). The number of carbonyl (C=O) groups excluding carboxylic acids is 2. The summed E-state index contributed by atoms with van der Waals surface area (Å²) < 4.78 is 79.8. The average Bonchev–Trinajstić information content (AvgIpc) is 2.97. The van der Waals surface area contributed by atoms with Crippen LogP contribution in [0.5, 0.6) is 17.2 Å². The molecule has 45 heavy (non-hydrogen) atoms. The lowest BCUT2D eigenvalue weighted by Crippen LogP contribution is -2.30. The van der Waals surface area contributed by atoms with Gasteiger partial charge in [0.1, 0.15) is 0 Å². The number of rotatable bonds is 21. The Morgan fingerprint density at radius 3 is 1.69 bits per heavy atom. The summed E-state index contributed by atoms with van der Waals surface area (Å²) in [4.78, 5) is 25.4. The fraction of sp³-hybridized carbons (Fsp3) is 0.500. The van der Waals surface area contributed by atoms with Crippen LogP contribution in [0.15, 0.2) is 46.6 Å². The molecule has 0 saturated carbocycles. The lowest BCUT2D eigenvalue weighted by atomic mass is 10.1. The van der Waals surface area contributed by atoms with Crippen molar-refractivity contribution in [3.05, 3.63) is 47.5 Å². The maximum Gasteiger partial charge on any atom is 0.264 e. The molecule has 0 heterocycles. The summed E-state index contributed by atoms with van der Waals surface area (Å²) >= 11 is 0. The van der Waals surface area contributed by atoms with Crippen LogP contribution in [-0.2, 0) is 20.2 Å². The van der Waals surface area contributed by atoms with Gasteiger partial charge in [0, 0.05) is 31.3 Å². The Bertz CT molecular complexity index is 1440. The fourth-order valence-electron chi connectivity index (χ4n) is 3.72. The molecular weight excluding hydrogens is 632 g/mol. The number of ether oxygens (including phenoxy) is 3. The number of benzene rings is 2. The molecule has 0 unspecified atom stereocenters. The molecular formula is C28H40N4O11S2. The number of unbranched alkanes of at least 4 members (excludes halogenated alkanes) is 1. The quantitative estimate of drug-likeness (QED) is 0.0855. The Morgan fingerprint density at radius 2 is 1.22 bits per heavy atom. The predicted octanol–water partition coefficient (Wildman–Crippen LogP) is 3.44. The predicted molar refractivity (Wildman–Crippen MR) is 166 cm³/mol. The molecule has 4 N–H and O–H groups in total. The molecule has 0 aromatic heterocycles. The number of hydrogen-bond acceptors (Lipinski definition) is 11. The standard InChI is InChI=1S/C28H40N4O11S2/c1-3-4-14-43-26-24(41-15-6-17-44(35,36)37)19-22(20-25(26)42-16-7-18-45(38,39)40)28(34)31-13-5-12-30-27(33)21-8-10-23(11-9-21)32-29-2/h8-11,19-20H,3-7,12-18H2,1-2H3,(H,30,33)(H,31,34)(H,35,36,37)(H,38,39,40). The number of amides is 2. The van der Waals surface area contributed by atoms with Gasteiger partial charge in [-0.05, 0) is 62.1 Å². The zero-order chi connectivity index (χ0) is 33.3. The van der Waals surface area contributed by atoms with Crippen LogP contribution in [0.1, 0.15) is 59.7 Å². The first-order valence-electron chi connectivity index (χ1n) is 14.3. The molecule has 0 aliphatic rings. The topological polar surface area (TPSA) is 219 Å². The van der Waals surface area contributed by atoms with Crippen molar-refractivity contribution >= 4 is 37.7 Å². The van der Waals surface area contributed by atoms with Crippen molar-refractivity contribution in [1.29, 1.82) is 0 Å². The second-order valence-corrected chi connectivity index (χ2v) is 12.8. The van der Waals surface area contributed by atoms with Gasteiger partial charge in [-0.25, -0.2) is 0 Å². The minimum atomic E-state index is -4.21. The maximum atomic E-state index is 13.1. The van der Waals surface area contributed by atoms with Crippen LogP contribution in [0.25, 0.3) is 0 Å². The summed E-state index contributed by atoms with van der Waals surface area (Å²) in [5, 5.41) is 13.1. The summed E-state index contributed by atoms with van der Waals surface area (Å²) in [6, 6.07) is 9.39. The average molecular weight is 673 g/mol. The minimum Gasteiger partial charge on any atom is -0.489 e. The normalized spacial score (nSPS) is 11.7. The van der Waals surface area contributed by atoms with Crippen LogP contribution in [0, 0.1) is 0 Å². The van der Waals surface area contributed by atoms with Gasteiger partial charge in [-0.15, -0.1) is 0 Å². The highest BCUT2D eigenvalue weighted by molar-refractivity contribution is 7.86. The molecule has 0 aliphatic carbocycles. The lowest BCUT2D eigenvalue weighted by Gasteiger charge is -2.18. The van der Waals surface area contributed by atoms with E-state index in [-0.39, 0.29) is 74.5 Å². The van der Waals surface area contributed by atoms with Gasteiger partial charge in [-0.3, -0.25) is 18.7 Å². The van der Waals surface area contributed by atoms with Gasteiger partial charge in [-0.1, -0.05) is 13.3 Å². The number of azo groups is 1. The molecule has 0 fully saturated rings. The first kappa shape index (κ1) is 37.4. The highest BCUT2D eigenvalue weighted by Gasteiger charge is 2.20. The third-order valence-corrected chi connectivity index (χ3v) is 7.51. The van der Waals surface area contributed by atoms with Gasteiger partial charge in [0.05, 0.1) is 37.0 Å². The van der Waals surface area contributed by atoms with E-state index in [1.54, 1.807) is 31.3 Å². The molecule has 0 saturated heterocycles. The molecule has 0 bridgehead atoms. The Labute approximate surface area is 263 Å². The van der Waals surface area contributed by atoms with Crippen LogP contribution in [0.2, 0.25) is 0 Å². The highest BCUT2D eigenvalue weighted by atomic mass is 32.2. The molecule has 0 radical (unpaired) electrons. The van der Waals surface area contributed by atoms with Crippen molar-refractivity contribution in [2.24, 2.45) is 10.2 Å². The summed E-state index contributed by atoms with van der Waals surface area (Å²) in [6.45, 7) is 2.44. The smallest absolute Gasteiger partial charge is 0.264 e. The van der Waals surface area contributed by atoms with E-state index >= 15 is 0 Å². The molecule has 0 spiro atoms. The van der Waals surface area contributed by atoms with Gasteiger partial charge in [0.25, 0.3) is 32.1 Å². The highest BCUT2D eigenvalue weighted by Crippen LogP contribution is 2.39. The van der Waals surface area contributed by atoms with E-state index in [4.69, 9.17) is 23.3 Å². The summed E-state index contributed by atoms with van der Waals surface area (Å²) in [5.41, 5.74) is 1.18. The first-order valence-corrected chi connectivity index (χ1v) is 17.5. The second-order valence-electron chi connectivity index (χ2n) is 9.69. The zero-order valence-corrected chi connectivity index (χ0v) is 26.9. The molecule has 2 amide bonds. The van der Waals surface area contributed by atoms with Gasteiger partial charge < -0.3 is 24.8 Å². The van der Waals surface area contributed by atoms with Crippen LogP contribution < -0.4 is 24.8 Å².